The number of alkyl carbamates (subject to hydrolysis) is 1. The summed E-state index contributed by atoms with van der Waals surface area (Å²) in [5.74, 6) is -1.30. The van der Waals surface area contributed by atoms with Gasteiger partial charge >= 0.3 is 12.3 Å². The number of fused-ring (bicyclic) bond motifs is 2. The van der Waals surface area contributed by atoms with E-state index in [1.165, 1.54) is 6.92 Å². The van der Waals surface area contributed by atoms with Gasteiger partial charge in [-0.1, -0.05) is 26.8 Å². The molecule has 10 heteroatoms. The van der Waals surface area contributed by atoms with Crippen LogP contribution < -0.4 is 5.32 Å². The van der Waals surface area contributed by atoms with Gasteiger partial charge in [0.15, 0.2) is 0 Å². The van der Waals surface area contributed by atoms with Gasteiger partial charge in [-0.2, -0.15) is 13.2 Å². The standard InChI is InChI=1S/C30H43F3N2O5/c1-17-6-9-29-10-7-21(39-5)23(29)28(17,4)22(14-27(3,24(36)18(29)2)11-12-30(31,32)33)40-26(38)34-25(37)20-16-35-13-8-19(20)15-35/h11-12,17-23H,6-10,13-16H2,1-5H3,(H,34,37,38)/t17-,18+,19-,20+,21-,22-,23?,27-,28+,29?/m1/s1. The van der Waals surface area contributed by atoms with Crippen molar-refractivity contribution in [3.63, 3.8) is 0 Å². The number of halogens is 3. The molecule has 3 unspecified atom stereocenters. The van der Waals surface area contributed by atoms with E-state index in [1.807, 2.05) is 13.8 Å². The van der Waals surface area contributed by atoms with E-state index in [9.17, 15) is 27.6 Å². The number of carbonyl (C=O) groups excluding carboxylic acids is 3. The van der Waals surface area contributed by atoms with Crippen LogP contribution in [0.3, 0.4) is 0 Å². The van der Waals surface area contributed by atoms with E-state index >= 15 is 0 Å². The molecule has 0 aromatic rings. The van der Waals surface area contributed by atoms with Gasteiger partial charge < -0.3 is 14.4 Å². The number of ether oxygens (including phenoxy) is 2. The molecule has 1 N–H and O–H groups in total. The van der Waals surface area contributed by atoms with Gasteiger partial charge in [-0.05, 0) is 62.8 Å². The summed E-state index contributed by atoms with van der Waals surface area (Å²) in [6.07, 6.45) is -1.64. The van der Waals surface area contributed by atoms with Crippen LogP contribution in [0.4, 0.5) is 18.0 Å². The van der Waals surface area contributed by atoms with E-state index < -0.39 is 40.5 Å². The average molecular weight is 569 g/mol. The van der Waals surface area contributed by atoms with Crippen LogP contribution in [0.1, 0.15) is 66.2 Å². The van der Waals surface area contributed by atoms with Gasteiger partial charge in [-0.3, -0.25) is 14.9 Å². The molecule has 0 spiro atoms. The summed E-state index contributed by atoms with van der Waals surface area (Å²) in [6.45, 7) is 9.94. The van der Waals surface area contributed by atoms with Crippen molar-refractivity contribution < 1.29 is 37.0 Å². The van der Waals surface area contributed by atoms with Crippen molar-refractivity contribution in [2.75, 3.05) is 26.7 Å². The third kappa shape index (κ3) is 4.71. The van der Waals surface area contributed by atoms with Gasteiger partial charge in [0.25, 0.3) is 0 Å². The molecule has 2 aliphatic heterocycles. The number of piperidine rings is 1. The number of alkyl halides is 3. The maximum absolute atomic E-state index is 14.1. The molecule has 11 atom stereocenters. The number of ketones is 1. The minimum Gasteiger partial charge on any atom is -0.445 e. The predicted octanol–water partition coefficient (Wildman–Crippen LogP) is 5.14. The lowest BCUT2D eigenvalue weighted by Crippen LogP contribution is -2.63. The number of hydrogen-bond donors (Lipinski definition) is 1. The third-order valence-corrected chi connectivity index (χ3v) is 11.9. The van der Waals surface area contributed by atoms with Crippen molar-refractivity contribution >= 4 is 17.8 Å². The van der Waals surface area contributed by atoms with Crippen molar-refractivity contribution in [2.24, 2.45) is 45.8 Å². The molecule has 5 fully saturated rings. The predicted molar refractivity (Wildman–Crippen MR) is 141 cm³/mol. The summed E-state index contributed by atoms with van der Waals surface area (Å²) in [4.78, 5) is 42.7. The maximum Gasteiger partial charge on any atom is 0.414 e. The molecule has 5 aliphatic rings. The Kier molecular flexibility index (Phi) is 7.46. The monoisotopic (exact) mass is 568 g/mol. The summed E-state index contributed by atoms with van der Waals surface area (Å²) in [6, 6.07) is 0. The summed E-state index contributed by atoms with van der Waals surface area (Å²) in [5, 5.41) is 2.44. The molecule has 3 aliphatic carbocycles. The largest absolute Gasteiger partial charge is 0.445 e. The molecule has 0 aromatic heterocycles. The number of carbonyl (C=O) groups is 3. The zero-order chi connectivity index (χ0) is 29.3. The molecule has 2 heterocycles. The van der Waals surface area contributed by atoms with Crippen LogP contribution in [-0.4, -0.2) is 67.8 Å². The Bertz CT molecular complexity index is 1080. The van der Waals surface area contributed by atoms with E-state index in [2.05, 4.69) is 17.1 Å². The van der Waals surface area contributed by atoms with Crippen molar-refractivity contribution in [2.45, 2.75) is 84.6 Å². The molecule has 2 amide bonds. The fourth-order valence-electron chi connectivity index (χ4n) is 9.47. The van der Waals surface area contributed by atoms with Crippen LogP contribution in [0.5, 0.6) is 0 Å². The highest BCUT2D eigenvalue weighted by Gasteiger charge is 2.68. The lowest BCUT2D eigenvalue weighted by Gasteiger charge is -2.61. The van der Waals surface area contributed by atoms with Crippen molar-refractivity contribution in [3.8, 4) is 0 Å². The van der Waals surface area contributed by atoms with Crippen molar-refractivity contribution in [1.29, 1.82) is 0 Å². The lowest BCUT2D eigenvalue weighted by atomic mass is 9.44. The highest BCUT2D eigenvalue weighted by Crippen LogP contribution is 2.68. The Morgan fingerprint density at radius 3 is 2.40 bits per heavy atom. The molecular weight excluding hydrogens is 525 g/mol. The normalized spacial score (nSPS) is 46.6. The van der Waals surface area contributed by atoms with Crippen molar-refractivity contribution in [3.05, 3.63) is 12.2 Å². The first kappa shape index (κ1) is 29.5. The van der Waals surface area contributed by atoms with E-state index in [-0.39, 0.29) is 54.0 Å². The quantitative estimate of drug-likeness (QED) is 0.473. The number of nitrogens with one attached hydrogen (secondary N) is 1. The molecule has 7 nitrogen and oxygen atoms in total. The maximum atomic E-state index is 14.1. The molecule has 4 bridgehead atoms. The van der Waals surface area contributed by atoms with Crippen LogP contribution >= 0.6 is 0 Å². The average Bonchev–Trinajstić information content (AvgIpc) is 3.63. The Balaban J connectivity index is 1.51. The summed E-state index contributed by atoms with van der Waals surface area (Å²) in [7, 11) is 1.65. The molecule has 0 radical (unpaired) electrons. The number of amides is 2. The summed E-state index contributed by atoms with van der Waals surface area (Å²) < 4.78 is 52.2. The van der Waals surface area contributed by atoms with Crippen LogP contribution in [0, 0.1) is 45.8 Å². The van der Waals surface area contributed by atoms with Gasteiger partial charge in [0, 0.05) is 55.4 Å². The van der Waals surface area contributed by atoms with Gasteiger partial charge in [0.05, 0.1) is 12.0 Å². The topological polar surface area (TPSA) is 84.9 Å². The zero-order valence-electron chi connectivity index (χ0n) is 24.2. The Hall–Kier alpha value is -1.94. The SMILES string of the molecule is CO[C@@H]1CCC23CC[C@@H](C)[C@](C)(C12)[C@H](OC(=O)NC(=O)[C@H]1CN2CC[C@@H]1C2)C[C@@](C)(C=CC(F)(F)F)C(=O)[C@@H]3C. The molecule has 224 valence electrons. The number of imide groups is 1. The first-order valence-electron chi connectivity index (χ1n) is 14.7. The second-order valence-corrected chi connectivity index (χ2v) is 13.7. The van der Waals surface area contributed by atoms with Crippen molar-refractivity contribution in [1.82, 2.24) is 10.2 Å². The Morgan fingerprint density at radius 1 is 1.10 bits per heavy atom. The first-order chi connectivity index (χ1) is 18.6. The lowest BCUT2D eigenvalue weighted by molar-refractivity contribution is -0.189. The summed E-state index contributed by atoms with van der Waals surface area (Å²) in [5.41, 5.74) is -2.67. The number of rotatable bonds is 4. The van der Waals surface area contributed by atoms with E-state index in [4.69, 9.17) is 9.47 Å². The Labute approximate surface area is 234 Å². The fourth-order valence-corrected chi connectivity index (χ4v) is 9.47. The van der Waals surface area contributed by atoms with E-state index in [0.717, 1.165) is 51.3 Å². The molecule has 5 rings (SSSR count). The number of nitrogens with zero attached hydrogens (tertiary/aromatic N) is 1. The molecule has 3 saturated carbocycles. The third-order valence-electron chi connectivity index (χ3n) is 11.9. The highest BCUT2D eigenvalue weighted by atomic mass is 19.4. The van der Waals surface area contributed by atoms with Crippen LogP contribution in [0.2, 0.25) is 0 Å². The van der Waals surface area contributed by atoms with Crippen LogP contribution in [-0.2, 0) is 19.1 Å². The molecule has 2 saturated heterocycles. The molecular formula is C30H43F3N2O5. The van der Waals surface area contributed by atoms with Gasteiger partial charge in [0.2, 0.25) is 5.91 Å². The fraction of sp³-hybridized carbons (Fsp3) is 0.833. The number of Topliss-reactive ketones (excluding diaryl/α,β-unsaturated/α-hetero) is 1. The van der Waals surface area contributed by atoms with Crippen LogP contribution in [0.25, 0.3) is 0 Å². The van der Waals surface area contributed by atoms with Gasteiger partial charge in [0.1, 0.15) is 11.9 Å². The number of hydrogen-bond acceptors (Lipinski definition) is 6. The van der Waals surface area contributed by atoms with Crippen LogP contribution in [0.15, 0.2) is 12.2 Å². The second kappa shape index (κ2) is 10.1. The zero-order valence-corrected chi connectivity index (χ0v) is 24.2. The highest BCUT2D eigenvalue weighted by molar-refractivity contribution is 5.94. The Morgan fingerprint density at radius 2 is 1.80 bits per heavy atom. The van der Waals surface area contributed by atoms with E-state index in [0.29, 0.717) is 6.54 Å². The number of allylic oxidation sites excluding steroid dienone is 2. The van der Waals surface area contributed by atoms with E-state index in [1.54, 1.807) is 7.11 Å². The minimum atomic E-state index is -4.59. The smallest absolute Gasteiger partial charge is 0.414 e. The second-order valence-electron chi connectivity index (χ2n) is 13.7. The summed E-state index contributed by atoms with van der Waals surface area (Å²) >= 11 is 0. The molecule has 0 aromatic carbocycles. The minimum absolute atomic E-state index is 0.0458. The number of methoxy groups -OCH3 is 1. The first-order valence-corrected chi connectivity index (χ1v) is 14.7. The molecule has 40 heavy (non-hydrogen) atoms. The van der Waals surface area contributed by atoms with Gasteiger partial charge in [-0.15, -0.1) is 0 Å². The van der Waals surface area contributed by atoms with Gasteiger partial charge in [-0.25, -0.2) is 4.79 Å².